The van der Waals surface area contributed by atoms with Crippen LogP contribution < -0.4 is 5.43 Å². The lowest BCUT2D eigenvalue weighted by Gasteiger charge is -2.20. The Morgan fingerprint density at radius 3 is 3.00 bits per heavy atom. The molecule has 0 aromatic heterocycles. The van der Waals surface area contributed by atoms with Crippen LogP contribution >= 0.6 is 0 Å². The first-order valence-electron chi connectivity index (χ1n) is 3.86. The van der Waals surface area contributed by atoms with E-state index >= 15 is 0 Å². The molecule has 1 atom stereocenters. The van der Waals surface area contributed by atoms with Crippen molar-refractivity contribution in [3.8, 4) is 0 Å². The quantitative estimate of drug-likeness (QED) is 0.564. The highest BCUT2D eigenvalue weighted by Gasteiger charge is 2.37. The number of hydrazone groups is 1. The fraction of sp³-hybridized carbons (Fsp3) is 0.714. The Bertz CT molecular complexity index is 210. The second-order valence-corrected chi connectivity index (χ2v) is 3.01. The fourth-order valence-corrected chi connectivity index (χ4v) is 1.42. The van der Waals surface area contributed by atoms with E-state index in [9.17, 15) is 4.79 Å². The highest BCUT2D eigenvalue weighted by molar-refractivity contribution is 5.85. The molecule has 0 saturated heterocycles. The van der Waals surface area contributed by atoms with Crippen LogP contribution in [-0.2, 0) is 4.79 Å². The minimum atomic E-state index is -0.206. The molecule has 0 radical (unpaired) electrons. The van der Waals surface area contributed by atoms with Crippen LogP contribution in [0.5, 0.6) is 0 Å². The Hall–Kier alpha value is -1.06. The molecule has 60 valence electrons. The van der Waals surface area contributed by atoms with Crippen LogP contribution in [-0.4, -0.2) is 29.2 Å². The molecule has 2 aliphatic rings. The van der Waals surface area contributed by atoms with Gasteiger partial charge in [0, 0.05) is 6.04 Å². The smallest absolute Gasteiger partial charge is 0.173 e. The SMILES string of the molecule is CC1=NNC(C=O)N1C1CC1. The Labute approximate surface area is 65.3 Å². The predicted octanol–water partition coefficient (Wildman–Crippen LogP) is -0.0876. The number of hydrogen-bond donors (Lipinski definition) is 1. The van der Waals surface area contributed by atoms with Crippen molar-refractivity contribution in [2.24, 2.45) is 5.10 Å². The first-order valence-corrected chi connectivity index (χ1v) is 3.86. The summed E-state index contributed by atoms with van der Waals surface area (Å²) in [7, 11) is 0. The number of nitrogens with one attached hydrogen (secondary N) is 1. The van der Waals surface area contributed by atoms with E-state index in [2.05, 4.69) is 10.5 Å². The van der Waals surface area contributed by atoms with Crippen molar-refractivity contribution in [2.75, 3.05) is 0 Å². The second-order valence-electron chi connectivity index (χ2n) is 3.01. The molecule has 4 nitrogen and oxygen atoms in total. The van der Waals surface area contributed by atoms with Gasteiger partial charge in [-0.25, -0.2) is 0 Å². The Balaban J connectivity index is 2.11. The van der Waals surface area contributed by atoms with Crippen LogP contribution in [0.15, 0.2) is 5.10 Å². The highest BCUT2D eigenvalue weighted by Crippen LogP contribution is 2.29. The molecule has 1 saturated carbocycles. The van der Waals surface area contributed by atoms with Gasteiger partial charge in [-0.2, -0.15) is 5.10 Å². The van der Waals surface area contributed by atoms with E-state index in [1.165, 1.54) is 12.8 Å². The summed E-state index contributed by atoms with van der Waals surface area (Å²) in [6, 6.07) is 0.559. The molecule has 0 spiro atoms. The normalized spacial score (nSPS) is 29.7. The maximum atomic E-state index is 10.5. The Morgan fingerprint density at radius 1 is 1.73 bits per heavy atom. The summed E-state index contributed by atoms with van der Waals surface area (Å²) in [6.45, 7) is 1.93. The van der Waals surface area contributed by atoms with Gasteiger partial charge in [0.1, 0.15) is 5.84 Å². The van der Waals surface area contributed by atoms with Crippen LogP contribution in [0.3, 0.4) is 0 Å². The molecule has 1 aliphatic carbocycles. The Morgan fingerprint density at radius 2 is 2.45 bits per heavy atom. The Kier molecular flexibility index (Phi) is 1.34. The molecule has 4 heteroatoms. The molecule has 0 bridgehead atoms. The molecule has 2 rings (SSSR count). The van der Waals surface area contributed by atoms with Crippen molar-refractivity contribution in [1.29, 1.82) is 0 Å². The molecule has 1 fully saturated rings. The van der Waals surface area contributed by atoms with E-state index in [0.717, 1.165) is 12.1 Å². The number of nitrogens with zero attached hydrogens (tertiary/aromatic N) is 2. The van der Waals surface area contributed by atoms with Crippen LogP contribution in [0.2, 0.25) is 0 Å². The van der Waals surface area contributed by atoms with Gasteiger partial charge in [0.25, 0.3) is 0 Å². The maximum absolute atomic E-state index is 10.5. The lowest BCUT2D eigenvalue weighted by molar-refractivity contribution is -0.111. The van der Waals surface area contributed by atoms with E-state index in [4.69, 9.17) is 0 Å². The molecule has 0 amide bonds. The number of aldehydes is 1. The van der Waals surface area contributed by atoms with Gasteiger partial charge in [-0.05, 0) is 19.8 Å². The van der Waals surface area contributed by atoms with Gasteiger partial charge in [0.05, 0.1) is 0 Å². The lowest BCUT2D eigenvalue weighted by atomic mass is 10.4. The van der Waals surface area contributed by atoms with Crippen LogP contribution in [0.25, 0.3) is 0 Å². The summed E-state index contributed by atoms with van der Waals surface area (Å²) in [5.74, 6) is 0.935. The van der Waals surface area contributed by atoms with Gasteiger partial charge in [0.15, 0.2) is 12.5 Å². The number of hydrogen-bond acceptors (Lipinski definition) is 4. The maximum Gasteiger partial charge on any atom is 0.173 e. The van der Waals surface area contributed by atoms with Crippen molar-refractivity contribution < 1.29 is 4.79 Å². The summed E-state index contributed by atoms with van der Waals surface area (Å²) in [5, 5.41) is 3.99. The number of rotatable bonds is 2. The average molecular weight is 153 g/mol. The van der Waals surface area contributed by atoms with Gasteiger partial charge in [-0.1, -0.05) is 0 Å². The molecule has 0 aromatic carbocycles. The monoisotopic (exact) mass is 153 g/mol. The topological polar surface area (TPSA) is 44.7 Å². The molecule has 1 aliphatic heterocycles. The van der Waals surface area contributed by atoms with Gasteiger partial charge >= 0.3 is 0 Å². The van der Waals surface area contributed by atoms with Crippen molar-refractivity contribution in [2.45, 2.75) is 32.0 Å². The summed E-state index contributed by atoms with van der Waals surface area (Å²) in [5.41, 5.74) is 2.77. The minimum Gasteiger partial charge on any atom is -0.328 e. The van der Waals surface area contributed by atoms with E-state index < -0.39 is 0 Å². The molecule has 11 heavy (non-hydrogen) atoms. The van der Waals surface area contributed by atoms with Gasteiger partial charge in [-0.15, -0.1) is 0 Å². The van der Waals surface area contributed by atoms with E-state index in [-0.39, 0.29) is 6.17 Å². The zero-order chi connectivity index (χ0) is 7.84. The van der Waals surface area contributed by atoms with E-state index in [0.29, 0.717) is 6.04 Å². The first kappa shape index (κ1) is 6.64. The summed E-state index contributed by atoms with van der Waals surface area (Å²) in [4.78, 5) is 12.6. The van der Waals surface area contributed by atoms with Crippen molar-refractivity contribution in [1.82, 2.24) is 10.3 Å². The zero-order valence-corrected chi connectivity index (χ0v) is 6.45. The molecule has 1 heterocycles. The van der Waals surface area contributed by atoms with Crippen LogP contribution in [0, 0.1) is 0 Å². The molecule has 1 unspecified atom stereocenters. The number of carbonyl (C=O) groups is 1. The summed E-state index contributed by atoms with van der Waals surface area (Å²) in [6.07, 6.45) is 3.08. The minimum absolute atomic E-state index is 0.206. The standard InChI is InChI=1S/C7H11N3O/c1-5-8-9-7(4-11)10(5)6-2-3-6/h4,6-7,9H,2-3H2,1H3. The fourth-order valence-electron chi connectivity index (χ4n) is 1.42. The summed E-state index contributed by atoms with van der Waals surface area (Å²) < 4.78 is 0. The van der Waals surface area contributed by atoms with Crippen molar-refractivity contribution in [3.63, 3.8) is 0 Å². The predicted molar refractivity (Wildman–Crippen MR) is 41.0 cm³/mol. The largest absolute Gasteiger partial charge is 0.328 e. The van der Waals surface area contributed by atoms with Crippen molar-refractivity contribution in [3.05, 3.63) is 0 Å². The van der Waals surface area contributed by atoms with Crippen LogP contribution in [0.4, 0.5) is 0 Å². The summed E-state index contributed by atoms with van der Waals surface area (Å²) >= 11 is 0. The third-order valence-corrected chi connectivity index (χ3v) is 2.10. The molecule has 0 aromatic rings. The van der Waals surface area contributed by atoms with Gasteiger partial charge in [-0.3, -0.25) is 10.2 Å². The zero-order valence-electron chi connectivity index (χ0n) is 6.45. The van der Waals surface area contributed by atoms with Crippen molar-refractivity contribution >= 4 is 12.1 Å². The number of carbonyl (C=O) groups excluding carboxylic acids is 1. The van der Waals surface area contributed by atoms with E-state index in [1.807, 2.05) is 11.8 Å². The first-order chi connectivity index (χ1) is 5.33. The second kappa shape index (κ2) is 2.22. The molecular weight excluding hydrogens is 142 g/mol. The third kappa shape index (κ3) is 0.982. The van der Waals surface area contributed by atoms with E-state index in [1.54, 1.807) is 0 Å². The lowest BCUT2D eigenvalue weighted by Crippen LogP contribution is -2.41. The van der Waals surface area contributed by atoms with Gasteiger partial charge in [0.2, 0.25) is 0 Å². The number of amidine groups is 1. The molecular formula is C7H11N3O. The average Bonchev–Trinajstić information content (AvgIpc) is 2.76. The molecule has 1 N–H and O–H groups in total. The third-order valence-electron chi connectivity index (χ3n) is 2.10. The highest BCUT2D eigenvalue weighted by atomic mass is 16.1. The van der Waals surface area contributed by atoms with Gasteiger partial charge < -0.3 is 4.90 Å². The van der Waals surface area contributed by atoms with Crippen LogP contribution in [0.1, 0.15) is 19.8 Å².